The number of carboxylic acid groups (broad SMARTS) is 1. The summed E-state index contributed by atoms with van der Waals surface area (Å²) in [5, 5.41) is 9.45. The Morgan fingerprint density at radius 2 is 1.88 bits per heavy atom. The normalized spacial score (nSPS) is 23.2. The van der Waals surface area contributed by atoms with Crippen LogP contribution in [0.4, 0.5) is 0 Å². The number of benzene rings is 1. The monoisotopic (exact) mass is 325 g/mol. The quantitative estimate of drug-likeness (QED) is 0.683. The van der Waals surface area contributed by atoms with E-state index in [1.165, 1.54) is 0 Å². The number of allylic oxidation sites excluding steroid dienone is 2. The van der Waals surface area contributed by atoms with Gasteiger partial charge in [0.15, 0.2) is 0 Å². The van der Waals surface area contributed by atoms with Crippen molar-refractivity contribution in [1.82, 2.24) is 4.90 Å². The molecule has 0 unspecified atom stereocenters. The molecule has 1 aliphatic heterocycles. The number of fused-ring (bicyclic) bond motifs is 1. The Kier molecular flexibility index (Phi) is 4.84. The van der Waals surface area contributed by atoms with E-state index >= 15 is 0 Å². The van der Waals surface area contributed by atoms with Gasteiger partial charge in [0.05, 0.1) is 6.42 Å². The van der Waals surface area contributed by atoms with Crippen molar-refractivity contribution in [2.75, 3.05) is 13.1 Å². The van der Waals surface area contributed by atoms with Crippen LogP contribution in [0.2, 0.25) is 0 Å². The molecule has 2 atom stereocenters. The van der Waals surface area contributed by atoms with Crippen molar-refractivity contribution in [1.29, 1.82) is 0 Å². The number of hydrogen-bond donors (Lipinski definition) is 1. The zero-order valence-electron chi connectivity index (χ0n) is 13.9. The Labute approximate surface area is 142 Å². The number of carboxylic acids is 1. The molecule has 126 valence electrons. The molecule has 0 bridgehead atoms. The Morgan fingerprint density at radius 3 is 2.46 bits per heavy atom. The van der Waals surface area contributed by atoms with E-state index in [0.717, 1.165) is 37.1 Å². The first kappa shape index (κ1) is 16.5. The molecule has 2 aliphatic rings. The third-order valence-corrected chi connectivity index (χ3v) is 4.97. The molecule has 1 amide bonds. The van der Waals surface area contributed by atoms with Crippen molar-refractivity contribution in [3.05, 3.63) is 53.1 Å². The lowest BCUT2D eigenvalue weighted by atomic mass is 9.86. The predicted molar refractivity (Wildman–Crippen MR) is 93.3 cm³/mol. The molecule has 4 nitrogen and oxygen atoms in total. The fourth-order valence-electron chi connectivity index (χ4n) is 3.64. The zero-order chi connectivity index (χ0) is 17.1. The third-order valence-electron chi connectivity index (χ3n) is 4.97. The van der Waals surface area contributed by atoms with E-state index in [2.05, 4.69) is 12.2 Å². The second kappa shape index (κ2) is 7.04. The summed E-state index contributed by atoms with van der Waals surface area (Å²) in [6.07, 6.45) is 8.00. The maximum Gasteiger partial charge on any atom is 0.332 e. The average molecular weight is 325 g/mol. The van der Waals surface area contributed by atoms with Crippen LogP contribution in [0.3, 0.4) is 0 Å². The van der Waals surface area contributed by atoms with Crippen molar-refractivity contribution in [2.45, 2.75) is 26.2 Å². The predicted octanol–water partition coefficient (Wildman–Crippen LogP) is 3.28. The molecule has 24 heavy (non-hydrogen) atoms. The van der Waals surface area contributed by atoms with Gasteiger partial charge in [-0.15, -0.1) is 0 Å². The van der Waals surface area contributed by atoms with Gasteiger partial charge in [0.25, 0.3) is 0 Å². The van der Waals surface area contributed by atoms with Crippen molar-refractivity contribution in [2.24, 2.45) is 11.8 Å². The van der Waals surface area contributed by atoms with E-state index in [0.29, 0.717) is 11.8 Å². The van der Waals surface area contributed by atoms with Gasteiger partial charge in [0, 0.05) is 18.7 Å². The van der Waals surface area contributed by atoms with E-state index in [4.69, 9.17) is 0 Å². The number of rotatable bonds is 4. The van der Waals surface area contributed by atoms with Crippen LogP contribution in [0.1, 0.15) is 30.4 Å². The Bertz CT molecular complexity index is 689. The van der Waals surface area contributed by atoms with Gasteiger partial charge >= 0.3 is 5.97 Å². The molecule has 0 radical (unpaired) electrons. The van der Waals surface area contributed by atoms with E-state index in [1.807, 2.05) is 36.1 Å². The summed E-state index contributed by atoms with van der Waals surface area (Å²) in [4.78, 5) is 25.9. The second-order valence-electron chi connectivity index (χ2n) is 6.83. The van der Waals surface area contributed by atoms with E-state index in [1.54, 1.807) is 6.08 Å². The number of likely N-dealkylation sites (tertiary alicyclic amines) is 1. The van der Waals surface area contributed by atoms with Crippen molar-refractivity contribution in [3.8, 4) is 0 Å². The third kappa shape index (κ3) is 3.75. The van der Waals surface area contributed by atoms with Crippen LogP contribution in [0, 0.1) is 18.8 Å². The van der Waals surface area contributed by atoms with Gasteiger partial charge in [-0.1, -0.05) is 42.0 Å². The smallest absolute Gasteiger partial charge is 0.332 e. The number of aryl methyl sites for hydroxylation is 1. The molecule has 1 N–H and O–H groups in total. The van der Waals surface area contributed by atoms with Crippen LogP contribution < -0.4 is 0 Å². The number of hydrogen-bond acceptors (Lipinski definition) is 2. The fraction of sp³-hybridized carbons (Fsp3) is 0.400. The highest BCUT2D eigenvalue weighted by Crippen LogP contribution is 2.33. The summed E-state index contributed by atoms with van der Waals surface area (Å²) in [6, 6.07) is 7.63. The van der Waals surface area contributed by atoms with Gasteiger partial charge in [0.2, 0.25) is 5.91 Å². The lowest BCUT2D eigenvalue weighted by Crippen LogP contribution is -2.29. The fourth-order valence-corrected chi connectivity index (χ4v) is 3.64. The molecular weight excluding hydrogens is 302 g/mol. The van der Waals surface area contributed by atoms with Gasteiger partial charge in [-0.3, -0.25) is 4.79 Å². The molecule has 3 rings (SSSR count). The second-order valence-corrected chi connectivity index (χ2v) is 6.83. The SMILES string of the molecule is Cc1cccc(C=C(CC(=O)N2C[C@H]3CC=CC[C@H]3C2)C(=O)O)c1. The molecule has 1 aliphatic carbocycles. The van der Waals surface area contributed by atoms with Gasteiger partial charge in [-0.05, 0) is 43.2 Å². The summed E-state index contributed by atoms with van der Waals surface area (Å²) in [6.45, 7) is 3.47. The molecule has 0 aromatic heterocycles. The Morgan fingerprint density at radius 1 is 1.21 bits per heavy atom. The molecule has 0 saturated carbocycles. The first-order valence-electron chi connectivity index (χ1n) is 8.46. The highest BCUT2D eigenvalue weighted by atomic mass is 16.4. The average Bonchev–Trinajstić information content (AvgIpc) is 2.98. The van der Waals surface area contributed by atoms with Crippen LogP contribution in [0.5, 0.6) is 0 Å². The molecule has 1 heterocycles. The largest absolute Gasteiger partial charge is 0.478 e. The minimum Gasteiger partial charge on any atom is -0.478 e. The lowest BCUT2D eigenvalue weighted by molar-refractivity contribution is -0.136. The van der Waals surface area contributed by atoms with Gasteiger partial charge in [-0.25, -0.2) is 4.79 Å². The molecule has 1 aromatic carbocycles. The lowest BCUT2D eigenvalue weighted by Gasteiger charge is -2.17. The van der Waals surface area contributed by atoms with Crippen LogP contribution in [-0.2, 0) is 9.59 Å². The molecule has 1 fully saturated rings. The maximum absolute atomic E-state index is 12.6. The van der Waals surface area contributed by atoms with E-state index < -0.39 is 5.97 Å². The summed E-state index contributed by atoms with van der Waals surface area (Å²) >= 11 is 0. The first-order chi connectivity index (χ1) is 11.5. The number of carbonyl (C=O) groups is 2. The minimum atomic E-state index is -1.02. The summed E-state index contributed by atoms with van der Waals surface area (Å²) in [5.74, 6) is -0.0326. The van der Waals surface area contributed by atoms with Crippen LogP contribution >= 0.6 is 0 Å². The number of nitrogens with zero attached hydrogens (tertiary/aromatic N) is 1. The maximum atomic E-state index is 12.6. The Hall–Kier alpha value is -2.36. The van der Waals surface area contributed by atoms with E-state index in [9.17, 15) is 14.7 Å². The summed E-state index contributed by atoms with van der Waals surface area (Å²) < 4.78 is 0. The Balaban J connectivity index is 1.70. The number of amides is 1. The highest BCUT2D eigenvalue weighted by Gasteiger charge is 2.35. The molecule has 1 saturated heterocycles. The molecule has 1 aromatic rings. The van der Waals surface area contributed by atoms with Gasteiger partial charge in [0.1, 0.15) is 0 Å². The summed E-state index contributed by atoms with van der Waals surface area (Å²) in [7, 11) is 0. The molecule has 4 heteroatoms. The van der Waals surface area contributed by atoms with Crippen molar-refractivity contribution < 1.29 is 14.7 Å². The highest BCUT2D eigenvalue weighted by molar-refractivity contribution is 5.98. The number of aliphatic carboxylic acids is 1. The van der Waals surface area contributed by atoms with Crippen LogP contribution in [0.25, 0.3) is 6.08 Å². The first-order valence-corrected chi connectivity index (χ1v) is 8.46. The van der Waals surface area contributed by atoms with E-state index in [-0.39, 0.29) is 17.9 Å². The minimum absolute atomic E-state index is 0.0455. The number of carbonyl (C=O) groups excluding carboxylic acids is 1. The van der Waals surface area contributed by atoms with Crippen LogP contribution in [0.15, 0.2) is 42.0 Å². The van der Waals surface area contributed by atoms with Crippen LogP contribution in [-0.4, -0.2) is 35.0 Å². The topological polar surface area (TPSA) is 57.6 Å². The standard InChI is InChI=1S/C20H23NO3/c1-14-5-4-6-15(9-14)10-18(20(23)24)11-19(22)21-12-16-7-2-3-8-17(16)13-21/h2-6,9-10,16-17H,7-8,11-13H2,1H3,(H,23,24)/t16-,17+. The molecule has 0 spiro atoms. The molecular formula is C20H23NO3. The van der Waals surface area contributed by atoms with Gasteiger partial charge < -0.3 is 10.0 Å². The summed E-state index contributed by atoms with van der Waals surface area (Å²) in [5.41, 5.74) is 2.04. The van der Waals surface area contributed by atoms with Crippen molar-refractivity contribution >= 4 is 18.0 Å². The zero-order valence-corrected chi connectivity index (χ0v) is 13.9. The van der Waals surface area contributed by atoms with Gasteiger partial charge in [-0.2, -0.15) is 0 Å². The van der Waals surface area contributed by atoms with Crippen molar-refractivity contribution in [3.63, 3.8) is 0 Å².